The van der Waals surface area contributed by atoms with Crippen LogP contribution in [0.15, 0.2) is 18.2 Å². The fraction of sp³-hybridized carbons (Fsp3) is 0.385. The zero-order valence-corrected chi connectivity index (χ0v) is 10.9. The molecule has 106 valence electrons. The van der Waals surface area contributed by atoms with Gasteiger partial charge in [0.2, 0.25) is 0 Å². The summed E-state index contributed by atoms with van der Waals surface area (Å²) in [6.45, 7) is 1.94. The topological polar surface area (TPSA) is 101 Å². The summed E-state index contributed by atoms with van der Waals surface area (Å²) in [7, 11) is 0. The smallest absolute Gasteiger partial charge is 0.326 e. The van der Waals surface area contributed by atoms with E-state index in [1.54, 1.807) is 6.92 Å². The van der Waals surface area contributed by atoms with Crippen LogP contribution in [0, 0.1) is 17.0 Å². The van der Waals surface area contributed by atoms with Crippen molar-refractivity contribution < 1.29 is 19.6 Å². The lowest BCUT2D eigenvalue weighted by Crippen LogP contribution is -2.40. The van der Waals surface area contributed by atoms with E-state index >= 15 is 0 Å². The van der Waals surface area contributed by atoms with Crippen molar-refractivity contribution in [3.05, 3.63) is 39.4 Å². The molecule has 0 aliphatic carbocycles. The number of carbonyl (C=O) groups is 2. The molecular formula is C13H14N2O5. The first-order chi connectivity index (χ1) is 9.41. The van der Waals surface area contributed by atoms with E-state index in [9.17, 15) is 19.7 Å². The SMILES string of the molecule is Cc1ccc(C(=O)N2CCC[C@@H]2C(=O)O)cc1[N+](=O)[O-]. The third-order valence-corrected chi connectivity index (χ3v) is 3.45. The minimum atomic E-state index is -1.04. The maximum atomic E-state index is 12.3. The van der Waals surface area contributed by atoms with Crippen LogP contribution >= 0.6 is 0 Å². The number of hydrogen-bond acceptors (Lipinski definition) is 4. The second-order valence-electron chi connectivity index (χ2n) is 4.75. The number of aryl methyl sites for hydroxylation is 1. The molecule has 0 aromatic heterocycles. The Labute approximate surface area is 115 Å². The number of nitrogens with zero attached hydrogens (tertiary/aromatic N) is 2. The summed E-state index contributed by atoms with van der Waals surface area (Å²) >= 11 is 0. The third-order valence-electron chi connectivity index (χ3n) is 3.45. The molecule has 1 aromatic carbocycles. The number of nitro benzene ring substituents is 1. The number of carboxylic acid groups (broad SMARTS) is 1. The van der Waals surface area contributed by atoms with Crippen molar-refractivity contribution in [1.29, 1.82) is 0 Å². The van der Waals surface area contributed by atoms with Crippen molar-refractivity contribution in [3.63, 3.8) is 0 Å². The van der Waals surface area contributed by atoms with Crippen LogP contribution in [0.1, 0.15) is 28.8 Å². The first-order valence-electron chi connectivity index (χ1n) is 6.20. The number of hydrogen-bond donors (Lipinski definition) is 1. The normalized spacial score (nSPS) is 18.1. The molecule has 1 fully saturated rings. The standard InChI is InChI=1S/C13H14N2O5/c1-8-4-5-9(7-11(8)15(19)20)12(16)14-6-2-3-10(14)13(17)18/h4-5,7,10H,2-3,6H2,1H3,(H,17,18)/t10-/m1/s1. The molecule has 2 rings (SSSR count). The monoisotopic (exact) mass is 278 g/mol. The summed E-state index contributed by atoms with van der Waals surface area (Å²) in [6.07, 6.45) is 1.03. The lowest BCUT2D eigenvalue weighted by molar-refractivity contribution is -0.385. The van der Waals surface area contributed by atoms with Gasteiger partial charge in [0.05, 0.1) is 4.92 Å². The number of nitro groups is 1. The third kappa shape index (κ3) is 2.47. The highest BCUT2D eigenvalue weighted by Gasteiger charge is 2.34. The van der Waals surface area contributed by atoms with Crippen LogP contribution in [0.3, 0.4) is 0 Å². The second kappa shape index (κ2) is 5.28. The Morgan fingerprint density at radius 3 is 2.75 bits per heavy atom. The van der Waals surface area contributed by atoms with E-state index in [-0.39, 0.29) is 11.3 Å². The van der Waals surface area contributed by atoms with Gasteiger partial charge in [-0.25, -0.2) is 4.79 Å². The van der Waals surface area contributed by atoms with Crippen molar-refractivity contribution in [2.24, 2.45) is 0 Å². The molecule has 1 atom stereocenters. The number of aliphatic carboxylic acids is 1. The highest BCUT2D eigenvalue weighted by Crippen LogP contribution is 2.24. The fourth-order valence-corrected chi connectivity index (χ4v) is 2.37. The van der Waals surface area contributed by atoms with Gasteiger partial charge >= 0.3 is 5.97 Å². The molecule has 1 heterocycles. The Morgan fingerprint density at radius 1 is 1.45 bits per heavy atom. The molecule has 0 saturated carbocycles. The van der Waals surface area contributed by atoms with Crippen LogP contribution in [0.4, 0.5) is 5.69 Å². The van der Waals surface area contributed by atoms with Crippen molar-refractivity contribution in [3.8, 4) is 0 Å². The number of likely N-dealkylation sites (tertiary alicyclic amines) is 1. The average molecular weight is 278 g/mol. The zero-order chi connectivity index (χ0) is 14.9. The predicted molar refractivity (Wildman–Crippen MR) is 69.5 cm³/mol. The molecule has 0 bridgehead atoms. The van der Waals surface area contributed by atoms with Gasteiger partial charge in [0, 0.05) is 23.7 Å². The lowest BCUT2D eigenvalue weighted by Gasteiger charge is -2.21. The molecule has 1 saturated heterocycles. The van der Waals surface area contributed by atoms with Gasteiger partial charge in [0.25, 0.3) is 11.6 Å². The highest BCUT2D eigenvalue weighted by atomic mass is 16.6. The van der Waals surface area contributed by atoms with Gasteiger partial charge in [-0.05, 0) is 25.8 Å². The van der Waals surface area contributed by atoms with Crippen molar-refractivity contribution in [1.82, 2.24) is 4.90 Å². The predicted octanol–water partition coefficient (Wildman–Crippen LogP) is 1.59. The van der Waals surface area contributed by atoms with Crippen LogP contribution in [-0.4, -0.2) is 39.4 Å². The van der Waals surface area contributed by atoms with Crippen molar-refractivity contribution in [2.45, 2.75) is 25.8 Å². The first-order valence-corrected chi connectivity index (χ1v) is 6.20. The Morgan fingerprint density at radius 2 is 2.15 bits per heavy atom. The van der Waals surface area contributed by atoms with Crippen LogP contribution in [-0.2, 0) is 4.79 Å². The zero-order valence-electron chi connectivity index (χ0n) is 10.9. The van der Waals surface area contributed by atoms with E-state index in [1.807, 2.05) is 0 Å². The molecule has 20 heavy (non-hydrogen) atoms. The van der Waals surface area contributed by atoms with E-state index in [4.69, 9.17) is 5.11 Å². The minimum Gasteiger partial charge on any atom is -0.480 e. The van der Waals surface area contributed by atoms with Gasteiger partial charge in [0.15, 0.2) is 0 Å². The molecule has 7 heteroatoms. The Bertz CT molecular complexity index is 584. The molecule has 0 radical (unpaired) electrons. The summed E-state index contributed by atoms with van der Waals surface area (Å²) in [5.41, 5.74) is 0.472. The van der Waals surface area contributed by atoms with Gasteiger partial charge in [-0.3, -0.25) is 14.9 Å². The van der Waals surface area contributed by atoms with E-state index in [0.717, 1.165) is 0 Å². The van der Waals surface area contributed by atoms with Gasteiger partial charge in [-0.2, -0.15) is 0 Å². The van der Waals surface area contributed by atoms with Gasteiger partial charge < -0.3 is 10.0 Å². The largest absolute Gasteiger partial charge is 0.480 e. The number of amides is 1. The summed E-state index contributed by atoms with van der Waals surface area (Å²) in [5.74, 6) is -1.52. The van der Waals surface area contributed by atoms with Crippen molar-refractivity contribution >= 4 is 17.6 Å². The van der Waals surface area contributed by atoms with Gasteiger partial charge in [-0.1, -0.05) is 6.07 Å². The fourth-order valence-electron chi connectivity index (χ4n) is 2.37. The van der Waals surface area contributed by atoms with Crippen molar-refractivity contribution in [2.75, 3.05) is 6.54 Å². The molecule has 1 N–H and O–H groups in total. The van der Waals surface area contributed by atoms with Crippen LogP contribution in [0.5, 0.6) is 0 Å². The van der Waals surface area contributed by atoms with E-state index in [0.29, 0.717) is 24.9 Å². The number of carbonyl (C=O) groups excluding carboxylic acids is 1. The van der Waals surface area contributed by atoms with Gasteiger partial charge in [-0.15, -0.1) is 0 Å². The van der Waals surface area contributed by atoms with E-state index < -0.39 is 22.8 Å². The van der Waals surface area contributed by atoms with Crippen LogP contribution in [0.25, 0.3) is 0 Å². The molecular weight excluding hydrogens is 264 g/mol. The molecule has 1 aliphatic heterocycles. The second-order valence-corrected chi connectivity index (χ2v) is 4.75. The molecule has 1 aromatic rings. The maximum absolute atomic E-state index is 12.3. The van der Waals surface area contributed by atoms with Crippen LogP contribution < -0.4 is 0 Å². The van der Waals surface area contributed by atoms with E-state index in [2.05, 4.69) is 0 Å². The highest BCUT2D eigenvalue weighted by molar-refractivity contribution is 5.97. The number of benzene rings is 1. The lowest BCUT2D eigenvalue weighted by atomic mass is 10.1. The summed E-state index contributed by atoms with van der Waals surface area (Å²) < 4.78 is 0. The quantitative estimate of drug-likeness (QED) is 0.668. The summed E-state index contributed by atoms with van der Waals surface area (Å²) in [4.78, 5) is 34.9. The number of rotatable bonds is 3. The molecule has 1 amide bonds. The number of carboxylic acids is 1. The average Bonchev–Trinajstić information content (AvgIpc) is 2.87. The molecule has 7 nitrogen and oxygen atoms in total. The van der Waals surface area contributed by atoms with Crippen LogP contribution in [0.2, 0.25) is 0 Å². The van der Waals surface area contributed by atoms with Gasteiger partial charge in [0.1, 0.15) is 6.04 Å². The summed E-state index contributed by atoms with van der Waals surface area (Å²) in [6, 6.07) is 3.34. The Kier molecular flexibility index (Phi) is 3.69. The van der Waals surface area contributed by atoms with E-state index in [1.165, 1.54) is 23.1 Å². The summed E-state index contributed by atoms with van der Waals surface area (Å²) in [5, 5.41) is 19.9. The molecule has 1 aliphatic rings. The molecule has 0 unspecified atom stereocenters. The minimum absolute atomic E-state index is 0.137. The Balaban J connectivity index is 2.32. The molecule has 0 spiro atoms. The Hall–Kier alpha value is -2.44. The first kappa shape index (κ1) is 14.0. The maximum Gasteiger partial charge on any atom is 0.326 e.